The van der Waals surface area contributed by atoms with Crippen LogP contribution in [0.1, 0.15) is 0 Å². The quantitative estimate of drug-likeness (QED) is 0.828. The molecular formula is C12H8Br2FNO2S. The van der Waals surface area contributed by atoms with E-state index in [-0.39, 0.29) is 15.1 Å². The lowest BCUT2D eigenvalue weighted by Gasteiger charge is -2.08. The van der Waals surface area contributed by atoms with Gasteiger partial charge in [0.25, 0.3) is 10.0 Å². The first-order valence-corrected chi connectivity index (χ1v) is 8.19. The van der Waals surface area contributed by atoms with Crippen molar-refractivity contribution in [1.29, 1.82) is 0 Å². The molecule has 0 saturated heterocycles. The van der Waals surface area contributed by atoms with E-state index in [1.165, 1.54) is 30.3 Å². The summed E-state index contributed by atoms with van der Waals surface area (Å²) >= 11 is 6.24. The Balaban J connectivity index is 2.30. The fraction of sp³-hybridized carbons (Fsp3) is 0. The summed E-state index contributed by atoms with van der Waals surface area (Å²) < 4.78 is 40.6. The Bertz CT molecular complexity index is 702. The molecule has 0 spiro atoms. The first kappa shape index (κ1) is 14.5. The summed E-state index contributed by atoms with van der Waals surface area (Å²) in [5, 5.41) is 0. The number of anilines is 1. The maximum atomic E-state index is 13.1. The van der Waals surface area contributed by atoms with Crippen molar-refractivity contribution < 1.29 is 12.8 Å². The Hall–Kier alpha value is -0.920. The summed E-state index contributed by atoms with van der Waals surface area (Å²) in [6.45, 7) is 0. The molecule has 0 aromatic heterocycles. The fourth-order valence-corrected chi connectivity index (χ4v) is 3.08. The van der Waals surface area contributed by atoms with Crippen molar-refractivity contribution in [3.8, 4) is 0 Å². The normalized spacial score (nSPS) is 11.3. The third-order valence-corrected chi connectivity index (χ3v) is 4.83. The smallest absolute Gasteiger partial charge is 0.261 e. The van der Waals surface area contributed by atoms with Crippen molar-refractivity contribution >= 4 is 47.6 Å². The Morgan fingerprint density at radius 1 is 1.00 bits per heavy atom. The minimum atomic E-state index is -3.67. The third-order valence-electron chi connectivity index (χ3n) is 2.30. The van der Waals surface area contributed by atoms with E-state index in [2.05, 4.69) is 36.6 Å². The van der Waals surface area contributed by atoms with Crippen LogP contribution in [0, 0.1) is 5.82 Å². The van der Waals surface area contributed by atoms with Gasteiger partial charge in [-0.15, -0.1) is 0 Å². The standard InChI is InChI=1S/C12H8Br2FNO2S/c13-8-1-4-10(5-2-8)19(17,18)16-9-3-6-12(15)11(14)7-9/h1-7,16H. The molecule has 7 heteroatoms. The van der Waals surface area contributed by atoms with Crippen molar-refractivity contribution in [1.82, 2.24) is 0 Å². The lowest BCUT2D eigenvalue weighted by molar-refractivity contribution is 0.601. The Labute approximate surface area is 127 Å². The zero-order valence-corrected chi connectivity index (χ0v) is 13.4. The highest BCUT2D eigenvalue weighted by Gasteiger charge is 2.14. The molecule has 0 unspecified atom stereocenters. The zero-order valence-electron chi connectivity index (χ0n) is 9.40. The van der Waals surface area contributed by atoms with Crippen LogP contribution in [0.4, 0.5) is 10.1 Å². The minimum Gasteiger partial charge on any atom is -0.280 e. The number of benzene rings is 2. The van der Waals surface area contributed by atoms with Gasteiger partial charge >= 0.3 is 0 Å². The Morgan fingerprint density at radius 2 is 1.63 bits per heavy atom. The van der Waals surface area contributed by atoms with Gasteiger partial charge in [0, 0.05) is 4.47 Å². The van der Waals surface area contributed by atoms with Gasteiger partial charge in [-0.3, -0.25) is 4.72 Å². The predicted molar refractivity (Wildman–Crippen MR) is 79.1 cm³/mol. The van der Waals surface area contributed by atoms with E-state index >= 15 is 0 Å². The number of hydrogen-bond donors (Lipinski definition) is 1. The van der Waals surface area contributed by atoms with E-state index in [4.69, 9.17) is 0 Å². The largest absolute Gasteiger partial charge is 0.280 e. The summed E-state index contributed by atoms with van der Waals surface area (Å²) in [6, 6.07) is 10.1. The van der Waals surface area contributed by atoms with E-state index < -0.39 is 15.8 Å². The molecule has 3 nitrogen and oxygen atoms in total. The molecule has 100 valence electrons. The van der Waals surface area contributed by atoms with Crippen molar-refractivity contribution in [3.05, 3.63) is 57.2 Å². The van der Waals surface area contributed by atoms with Crippen molar-refractivity contribution in [2.24, 2.45) is 0 Å². The van der Waals surface area contributed by atoms with Gasteiger partial charge in [-0.25, -0.2) is 12.8 Å². The van der Waals surface area contributed by atoms with Crippen molar-refractivity contribution in [2.75, 3.05) is 4.72 Å². The van der Waals surface area contributed by atoms with Crippen LogP contribution in [-0.4, -0.2) is 8.42 Å². The van der Waals surface area contributed by atoms with Gasteiger partial charge in [0.2, 0.25) is 0 Å². The summed E-state index contributed by atoms with van der Waals surface area (Å²) in [5.74, 6) is -0.452. The van der Waals surface area contributed by atoms with E-state index in [1.807, 2.05) is 0 Å². The first-order chi connectivity index (χ1) is 8.88. The highest BCUT2D eigenvalue weighted by molar-refractivity contribution is 9.10. The molecule has 2 rings (SSSR count). The highest BCUT2D eigenvalue weighted by atomic mass is 79.9. The molecule has 0 radical (unpaired) electrons. The molecular weight excluding hydrogens is 401 g/mol. The Kier molecular flexibility index (Phi) is 4.27. The molecule has 0 atom stereocenters. The van der Waals surface area contributed by atoms with Crippen molar-refractivity contribution in [2.45, 2.75) is 4.90 Å². The van der Waals surface area contributed by atoms with Gasteiger partial charge in [0.15, 0.2) is 0 Å². The van der Waals surface area contributed by atoms with Crippen LogP contribution >= 0.6 is 31.9 Å². The highest BCUT2D eigenvalue weighted by Crippen LogP contribution is 2.23. The second-order valence-electron chi connectivity index (χ2n) is 3.69. The van der Waals surface area contributed by atoms with Gasteiger partial charge < -0.3 is 0 Å². The molecule has 2 aromatic carbocycles. The van der Waals surface area contributed by atoms with Crippen LogP contribution in [-0.2, 0) is 10.0 Å². The summed E-state index contributed by atoms with van der Waals surface area (Å²) in [5.41, 5.74) is 0.288. The number of hydrogen-bond acceptors (Lipinski definition) is 2. The molecule has 2 aromatic rings. The van der Waals surface area contributed by atoms with Crippen LogP contribution < -0.4 is 4.72 Å². The molecule has 0 heterocycles. The second-order valence-corrected chi connectivity index (χ2v) is 7.14. The lowest BCUT2D eigenvalue weighted by Crippen LogP contribution is -2.12. The topological polar surface area (TPSA) is 46.2 Å². The minimum absolute atomic E-state index is 0.135. The summed E-state index contributed by atoms with van der Waals surface area (Å²) in [7, 11) is -3.67. The fourth-order valence-electron chi connectivity index (χ4n) is 1.39. The maximum absolute atomic E-state index is 13.1. The number of rotatable bonds is 3. The zero-order chi connectivity index (χ0) is 14.0. The monoisotopic (exact) mass is 407 g/mol. The van der Waals surface area contributed by atoms with Gasteiger partial charge in [0.1, 0.15) is 5.82 Å². The predicted octanol–water partition coefficient (Wildman–Crippen LogP) is 4.15. The van der Waals surface area contributed by atoms with E-state index in [0.717, 1.165) is 4.47 Å². The number of sulfonamides is 1. The number of halogens is 3. The van der Waals surface area contributed by atoms with Crippen LogP contribution in [0.25, 0.3) is 0 Å². The maximum Gasteiger partial charge on any atom is 0.261 e. The van der Waals surface area contributed by atoms with E-state index in [9.17, 15) is 12.8 Å². The van der Waals surface area contributed by atoms with Gasteiger partial charge in [-0.05, 0) is 58.4 Å². The van der Waals surface area contributed by atoms with Crippen molar-refractivity contribution in [3.63, 3.8) is 0 Å². The second kappa shape index (κ2) is 5.60. The molecule has 0 aliphatic heterocycles. The average molecular weight is 409 g/mol. The molecule has 0 fully saturated rings. The van der Waals surface area contributed by atoms with Gasteiger partial charge in [-0.2, -0.15) is 0 Å². The van der Waals surface area contributed by atoms with Gasteiger partial charge in [-0.1, -0.05) is 15.9 Å². The molecule has 0 aliphatic carbocycles. The first-order valence-electron chi connectivity index (χ1n) is 5.12. The summed E-state index contributed by atoms with van der Waals surface area (Å²) in [4.78, 5) is 0.135. The van der Waals surface area contributed by atoms with Crippen LogP contribution in [0.2, 0.25) is 0 Å². The summed E-state index contributed by atoms with van der Waals surface area (Å²) in [6.07, 6.45) is 0. The van der Waals surface area contributed by atoms with Crippen LogP contribution in [0.3, 0.4) is 0 Å². The lowest BCUT2D eigenvalue weighted by atomic mass is 10.3. The molecule has 0 aliphatic rings. The average Bonchev–Trinajstić information content (AvgIpc) is 2.34. The van der Waals surface area contributed by atoms with E-state index in [0.29, 0.717) is 0 Å². The molecule has 0 bridgehead atoms. The molecule has 0 saturated carbocycles. The van der Waals surface area contributed by atoms with Gasteiger partial charge in [0.05, 0.1) is 15.1 Å². The SMILES string of the molecule is O=S(=O)(Nc1ccc(F)c(Br)c1)c1ccc(Br)cc1. The Morgan fingerprint density at radius 3 is 2.21 bits per heavy atom. The molecule has 1 N–H and O–H groups in total. The third kappa shape index (κ3) is 3.55. The van der Waals surface area contributed by atoms with Crippen LogP contribution in [0.5, 0.6) is 0 Å². The number of nitrogens with one attached hydrogen (secondary N) is 1. The van der Waals surface area contributed by atoms with Crippen LogP contribution in [0.15, 0.2) is 56.3 Å². The van der Waals surface area contributed by atoms with E-state index in [1.54, 1.807) is 12.1 Å². The molecule has 19 heavy (non-hydrogen) atoms. The molecule has 0 amide bonds.